The van der Waals surface area contributed by atoms with Gasteiger partial charge in [0.2, 0.25) is 5.04 Å². The molecule has 0 spiro atoms. The molecule has 0 bridgehead atoms. The van der Waals surface area contributed by atoms with Gasteiger partial charge in [-0.05, 0) is 29.8 Å². The van der Waals surface area contributed by atoms with E-state index in [4.69, 9.17) is 4.98 Å². The van der Waals surface area contributed by atoms with Crippen LogP contribution in [0.2, 0.25) is 0 Å². The van der Waals surface area contributed by atoms with E-state index in [2.05, 4.69) is 156 Å². The van der Waals surface area contributed by atoms with E-state index >= 15 is 0 Å². The zero-order chi connectivity index (χ0) is 36.5. The van der Waals surface area contributed by atoms with Crippen LogP contribution < -0.4 is 0 Å². The Hall–Kier alpha value is -4.19. The summed E-state index contributed by atoms with van der Waals surface area (Å²) in [7, 11) is -3.91. The van der Waals surface area contributed by atoms with Crippen molar-refractivity contribution < 1.29 is 17.5 Å². The molecule has 0 N–H and O–H groups in total. The monoisotopic (exact) mass is 763 g/mol. The van der Waals surface area contributed by atoms with Crippen molar-refractivity contribution in [3.63, 3.8) is 0 Å². The van der Waals surface area contributed by atoms with Gasteiger partial charge in [0.15, 0.2) is 6.04 Å². The fraction of sp³-hybridized carbons (Fsp3) is 0.190. The summed E-state index contributed by atoms with van der Waals surface area (Å²) in [5.74, 6) is -0.312. The van der Waals surface area contributed by atoms with E-state index in [1.165, 1.54) is 43.5 Å². The lowest BCUT2D eigenvalue weighted by atomic mass is 9.97. The van der Waals surface area contributed by atoms with Crippen molar-refractivity contribution in [1.29, 1.82) is 0 Å². The minimum Gasteiger partial charge on any atom is -0.748 e. The van der Waals surface area contributed by atoms with E-state index in [0.717, 1.165) is 35.9 Å². The number of thiazole rings is 1. The average molecular weight is 764 g/mol. The van der Waals surface area contributed by atoms with Gasteiger partial charge in [0.25, 0.3) is 0 Å². The minimum absolute atomic E-state index is 0.277. The first-order chi connectivity index (χ1) is 25.3. The molecule has 0 radical (unpaired) electrons. The normalized spacial score (nSPS) is 18.9. The standard InChI is InChI=1S/C40H36N3S3.C2H6O3S/c1-3-25-42-28-33(26-36-43(4-2)38(30-19-11-6-12-20-30)40(46-36)32-23-15-8-16-24-32)44-35(42)27-34-41-37(29-17-9-5-10-18-29)39(45-34)31-21-13-7-14-22-31;1-2-6(3,4)5/h3,5-24,26-27,38,40H,1,4,25,28H2,2H3;2H2,1H3,(H,3,4,5)/q+1;/p-1/b33-26-,35-27+;. The number of thioether (sulfide) groups is 2. The van der Waals surface area contributed by atoms with Gasteiger partial charge in [-0.2, -0.15) is 0 Å². The van der Waals surface area contributed by atoms with Crippen molar-refractivity contribution in [2.24, 2.45) is 0 Å². The maximum atomic E-state index is 9.44. The van der Waals surface area contributed by atoms with Crippen LogP contribution in [0.25, 0.3) is 27.8 Å². The van der Waals surface area contributed by atoms with Gasteiger partial charge in [0.05, 0.1) is 32.3 Å². The maximum absolute atomic E-state index is 9.44. The highest BCUT2D eigenvalue weighted by Crippen LogP contribution is 2.49. The maximum Gasteiger partial charge on any atom is 0.237 e. The molecule has 3 heterocycles. The summed E-state index contributed by atoms with van der Waals surface area (Å²) in [4.78, 5) is 10.1. The molecule has 0 aliphatic carbocycles. The third kappa shape index (κ3) is 9.23. The van der Waals surface area contributed by atoms with E-state index in [-0.39, 0.29) is 11.8 Å². The van der Waals surface area contributed by atoms with Crippen molar-refractivity contribution in [1.82, 2.24) is 9.88 Å². The second kappa shape index (κ2) is 17.6. The number of likely N-dealkylation sites (N-methyl/N-ethyl adjacent to an activating group) is 1. The molecule has 0 saturated carbocycles. The van der Waals surface area contributed by atoms with Crippen LogP contribution >= 0.6 is 34.9 Å². The predicted molar refractivity (Wildman–Crippen MR) is 220 cm³/mol. The summed E-state index contributed by atoms with van der Waals surface area (Å²) in [6.45, 7) is 10.3. The first-order valence-corrected chi connectivity index (χ1v) is 21.3. The molecular formula is C42H41N3O3S4. The number of rotatable bonds is 10. The Labute approximate surface area is 320 Å². The smallest absolute Gasteiger partial charge is 0.237 e. The van der Waals surface area contributed by atoms with Crippen LogP contribution in [-0.2, 0) is 10.1 Å². The fourth-order valence-corrected chi connectivity index (χ4v) is 10.0. The van der Waals surface area contributed by atoms with E-state index in [9.17, 15) is 13.0 Å². The highest BCUT2D eigenvalue weighted by molar-refractivity contribution is 8.14. The first kappa shape index (κ1) is 37.6. The molecular weight excluding hydrogens is 723 g/mol. The Morgan fingerprint density at radius 2 is 1.40 bits per heavy atom. The highest BCUT2D eigenvalue weighted by Gasteiger charge is 2.43. The van der Waals surface area contributed by atoms with Gasteiger partial charge in [0, 0.05) is 40.5 Å². The lowest BCUT2D eigenvalue weighted by Crippen LogP contribution is -2.21. The van der Waals surface area contributed by atoms with E-state index in [1.54, 1.807) is 11.3 Å². The van der Waals surface area contributed by atoms with Crippen molar-refractivity contribution in [2.75, 3.05) is 25.4 Å². The summed E-state index contributed by atoms with van der Waals surface area (Å²) in [5, 5.41) is 3.88. The minimum atomic E-state index is -3.91. The molecule has 4 aromatic carbocycles. The Bertz CT molecular complexity index is 2110. The van der Waals surface area contributed by atoms with Crippen molar-refractivity contribution in [3.8, 4) is 21.7 Å². The van der Waals surface area contributed by atoms with Gasteiger partial charge >= 0.3 is 0 Å². The quantitative estimate of drug-likeness (QED) is 0.0797. The molecule has 7 rings (SSSR count). The van der Waals surface area contributed by atoms with Crippen molar-refractivity contribution in [2.45, 2.75) is 25.1 Å². The Morgan fingerprint density at radius 3 is 1.96 bits per heavy atom. The van der Waals surface area contributed by atoms with Crippen molar-refractivity contribution in [3.05, 3.63) is 166 Å². The zero-order valence-electron chi connectivity index (χ0n) is 29.2. The molecule has 2 aliphatic heterocycles. The second-order valence-corrected chi connectivity index (χ2v) is 17.1. The van der Waals surface area contributed by atoms with E-state index < -0.39 is 10.1 Å². The predicted octanol–water partition coefficient (Wildman–Crippen LogP) is 10.1. The zero-order valence-corrected chi connectivity index (χ0v) is 32.4. The van der Waals surface area contributed by atoms with Crippen LogP contribution in [0.5, 0.6) is 0 Å². The lowest BCUT2D eigenvalue weighted by Gasteiger charge is -2.17. The molecule has 2 aliphatic rings. The summed E-state index contributed by atoms with van der Waals surface area (Å²) < 4.78 is 30.9. The molecule has 2 unspecified atom stereocenters. The van der Waals surface area contributed by atoms with Gasteiger partial charge < -0.3 is 9.45 Å². The van der Waals surface area contributed by atoms with Crippen LogP contribution in [0.1, 0.15) is 41.3 Å². The Balaban J connectivity index is 0.000000715. The number of benzene rings is 4. The fourth-order valence-electron chi connectivity index (χ4n) is 6.15. The molecule has 2 atom stereocenters. The third-order valence-corrected chi connectivity index (χ3v) is 12.8. The average Bonchev–Trinajstić information content (AvgIpc) is 3.88. The third-order valence-electron chi connectivity index (χ3n) is 8.62. The van der Waals surface area contributed by atoms with Gasteiger partial charge in [-0.3, -0.25) is 0 Å². The molecule has 10 heteroatoms. The Morgan fingerprint density at radius 1 is 0.846 bits per heavy atom. The molecule has 1 fully saturated rings. The summed E-state index contributed by atoms with van der Waals surface area (Å²) in [6, 6.07) is 43.4. The van der Waals surface area contributed by atoms with Crippen LogP contribution in [0, 0.1) is 0 Å². The lowest BCUT2D eigenvalue weighted by molar-refractivity contribution is -0.563. The molecule has 52 heavy (non-hydrogen) atoms. The topological polar surface area (TPSA) is 76.3 Å². The number of aromatic nitrogens is 1. The van der Waals surface area contributed by atoms with Crippen LogP contribution in [0.3, 0.4) is 0 Å². The van der Waals surface area contributed by atoms with Gasteiger partial charge in [-0.15, -0.1) is 17.9 Å². The number of hydrogen-bond donors (Lipinski definition) is 0. The molecule has 0 amide bonds. The SMILES string of the molecule is C=CCN1C/C(=C/C2=[N+](CC)C(c3ccccc3)C(c3ccccc3)S2)S/C1=C/c1nc(-c2ccccc2)c(-c2ccccc2)s1.CCS(=O)(=O)[O-]. The number of hydrogen-bond acceptors (Lipinski definition) is 8. The van der Waals surface area contributed by atoms with E-state index in [1.807, 2.05) is 29.6 Å². The summed E-state index contributed by atoms with van der Waals surface area (Å²) in [5.41, 5.74) is 6.10. The highest BCUT2D eigenvalue weighted by atomic mass is 32.2. The van der Waals surface area contributed by atoms with Crippen LogP contribution in [-0.4, -0.2) is 57.9 Å². The molecule has 266 valence electrons. The van der Waals surface area contributed by atoms with Crippen LogP contribution in [0.15, 0.2) is 150 Å². The molecule has 1 aromatic heterocycles. The second-order valence-electron chi connectivity index (χ2n) is 12.1. The van der Waals surface area contributed by atoms with Gasteiger partial charge in [-0.25, -0.2) is 18.0 Å². The van der Waals surface area contributed by atoms with Crippen LogP contribution in [0.4, 0.5) is 0 Å². The molecule has 6 nitrogen and oxygen atoms in total. The van der Waals surface area contributed by atoms with Crippen molar-refractivity contribution >= 4 is 56.1 Å². The first-order valence-electron chi connectivity index (χ1n) is 17.2. The molecule has 1 saturated heterocycles. The Kier molecular flexibility index (Phi) is 12.7. The van der Waals surface area contributed by atoms with Gasteiger partial charge in [-0.1, -0.05) is 146 Å². The number of nitrogens with zero attached hydrogens (tertiary/aromatic N) is 3. The van der Waals surface area contributed by atoms with Gasteiger partial charge in [0.1, 0.15) is 16.8 Å². The largest absolute Gasteiger partial charge is 0.748 e. The summed E-state index contributed by atoms with van der Waals surface area (Å²) >= 11 is 5.61. The summed E-state index contributed by atoms with van der Waals surface area (Å²) in [6.07, 6.45) is 6.69. The van der Waals surface area contributed by atoms with E-state index in [0.29, 0.717) is 5.25 Å². The molecule has 5 aromatic rings.